The lowest BCUT2D eigenvalue weighted by Crippen LogP contribution is -2.44. The molecule has 2 N–H and O–H groups in total. The molecule has 1 amide bonds. The zero-order valence-corrected chi connectivity index (χ0v) is 18.0. The summed E-state index contributed by atoms with van der Waals surface area (Å²) in [5.74, 6) is 1.93. The molecule has 0 bridgehead atoms. The van der Waals surface area contributed by atoms with E-state index in [4.69, 9.17) is 9.47 Å². The molecule has 1 unspecified atom stereocenters. The molecule has 1 saturated heterocycles. The Morgan fingerprint density at radius 3 is 2.81 bits per heavy atom. The lowest BCUT2D eigenvalue weighted by molar-refractivity contribution is 0.0954. The van der Waals surface area contributed by atoms with Gasteiger partial charge in [-0.3, -0.25) is 9.79 Å². The van der Waals surface area contributed by atoms with Gasteiger partial charge in [0.1, 0.15) is 5.75 Å². The van der Waals surface area contributed by atoms with Crippen LogP contribution < -0.4 is 15.4 Å². The molecule has 1 heterocycles. The Labute approximate surface area is 172 Å². The van der Waals surface area contributed by atoms with Crippen molar-refractivity contribution in [3.63, 3.8) is 0 Å². The minimum Gasteiger partial charge on any atom is -0.497 e. The smallest absolute Gasteiger partial charge is 0.251 e. The molecule has 0 radical (unpaired) electrons. The van der Waals surface area contributed by atoms with Crippen LogP contribution in [-0.4, -0.2) is 70.8 Å². The second kappa shape index (κ2) is 11.9. The Bertz CT molecular complexity index is 592. The number of nitrogens with zero attached hydrogens (tertiary/aromatic N) is 2. The van der Waals surface area contributed by atoms with E-state index in [1.807, 2.05) is 13.1 Å². The molecule has 146 valence electrons. The molecular formula is C18H29IN4O3. The van der Waals surface area contributed by atoms with Gasteiger partial charge in [-0.1, -0.05) is 6.07 Å². The van der Waals surface area contributed by atoms with Crippen molar-refractivity contribution in [1.82, 2.24) is 15.5 Å². The number of nitrogens with one attached hydrogen (secondary N) is 2. The van der Waals surface area contributed by atoms with Crippen LogP contribution in [0.1, 0.15) is 16.8 Å². The van der Waals surface area contributed by atoms with E-state index in [1.54, 1.807) is 32.4 Å². The third-order valence-electron chi connectivity index (χ3n) is 4.16. The van der Waals surface area contributed by atoms with Crippen LogP contribution in [0.4, 0.5) is 0 Å². The highest BCUT2D eigenvalue weighted by Crippen LogP contribution is 2.13. The highest BCUT2D eigenvalue weighted by molar-refractivity contribution is 14.0. The van der Waals surface area contributed by atoms with Gasteiger partial charge in [-0.2, -0.15) is 0 Å². The molecule has 0 aromatic heterocycles. The van der Waals surface area contributed by atoms with Crippen molar-refractivity contribution in [3.8, 4) is 5.75 Å². The highest BCUT2D eigenvalue weighted by Gasteiger charge is 2.18. The van der Waals surface area contributed by atoms with E-state index in [2.05, 4.69) is 20.5 Å². The molecule has 2 rings (SSSR count). The number of benzene rings is 1. The predicted octanol–water partition coefficient (Wildman–Crippen LogP) is 1.59. The average molecular weight is 476 g/mol. The second-order valence-corrected chi connectivity index (χ2v) is 6.07. The third-order valence-corrected chi connectivity index (χ3v) is 4.16. The van der Waals surface area contributed by atoms with Gasteiger partial charge in [0.05, 0.1) is 13.7 Å². The first-order chi connectivity index (χ1) is 12.1. The molecule has 1 aromatic rings. The van der Waals surface area contributed by atoms with Gasteiger partial charge < -0.3 is 25.0 Å². The van der Waals surface area contributed by atoms with Crippen LogP contribution in [0.3, 0.4) is 0 Å². The molecule has 0 saturated carbocycles. The van der Waals surface area contributed by atoms with E-state index in [-0.39, 0.29) is 29.9 Å². The van der Waals surface area contributed by atoms with E-state index in [0.29, 0.717) is 30.3 Å². The summed E-state index contributed by atoms with van der Waals surface area (Å²) in [5, 5.41) is 6.16. The molecule has 8 heteroatoms. The first-order valence-electron chi connectivity index (χ1n) is 8.55. The summed E-state index contributed by atoms with van der Waals surface area (Å²) >= 11 is 0. The quantitative estimate of drug-likeness (QED) is 0.271. The van der Waals surface area contributed by atoms with Gasteiger partial charge in [0.2, 0.25) is 0 Å². The molecule has 0 aliphatic carbocycles. The summed E-state index contributed by atoms with van der Waals surface area (Å²) in [6, 6.07) is 7.10. The zero-order valence-electron chi connectivity index (χ0n) is 15.7. The normalized spacial score (nSPS) is 16.6. The van der Waals surface area contributed by atoms with E-state index in [1.165, 1.54) is 0 Å². The maximum Gasteiger partial charge on any atom is 0.251 e. The number of halogens is 1. The number of aliphatic imine (C=N–C) groups is 1. The number of hydrogen-bond acceptors (Lipinski definition) is 4. The fourth-order valence-electron chi connectivity index (χ4n) is 2.80. The number of rotatable bonds is 7. The molecule has 1 fully saturated rings. The predicted molar refractivity (Wildman–Crippen MR) is 114 cm³/mol. The summed E-state index contributed by atoms with van der Waals surface area (Å²) in [6.07, 6.45) is 1.10. The van der Waals surface area contributed by atoms with Crippen LogP contribution in [-0.2, 0) is 4.74 Å². The van der Waals surface area contributed by atoms with Crippen LogP contribution in [0.5, 0.6) is 5.75 Å². The van der Waals surface area contributed by atoms with Crippen molar-refractivity contribution < 1.29 is 14.3 Å². The number of hydrogen-bond donors (Lipinski definition) is 2. The van der Waals surface area contributed by atoms with Gasteiger partial charge in [-0.15, -0.1) is 24.0 Å². The SMILES string of the molecule is CN=C(NCCNC(=O)c1cccc(OC)c1)N(C)CC1CCOC1.I. The maximum atomic E-state index is 12.1. The van der Waals surface area contributed by atoms with Crippen LogP contribution in [0.15, 0.2) is 29.3 Å². The molecule has 1 aliphatic heterocycles. The molecule has 1 atom stereocenters. The Balaban J connectivity index is 0.00000338. The number of carbonyl (C=O) groups excluding carboxylic acids is 1. The standard InChI is InChI=1S/C18H28N4O3.HI/c1-19-18(22(2)12-14-7-10-25-13-14)21-9-8-20-17(23)15-5-4-6-16(11-15)24-3;/h4-6,11,14H,7-10,12-13H2,1-3H3,(H,19,21)(H,20,23);1H. The van der Waals surface area contributed by atoms with Crippen LogP contribution >= 0.6 is 24.0 Å². The molecule has 1 aliphatic rings. The lowest BCUT2D eigenvalue weighted by Gasteiger charge is -2.24. The fourth-order valence-corrected chi connectivity index (χ4v) is 2.80. The zero-order chi connectivity index (χ0) is 18.1. The minimum absolute atomic E-state index is 0. The Kier molecular flexibility index (Phi) is 10.3. The molecule has 7 nitrogen and oxygen atoms in total. The second-order valence-electron chi connectivity index (χ2n) is 6.07. The third kappa shape index (κ3) is 6.99. The number of guanidine groups is 1. The molecule has 1 aromatic carbocycles. The van der Waals surface area contributed by atoms with E-state index < -0.39 is 0 Å². The summed E-state index contributed by atoms with van der Waals surface area (Å²) in [6.45, 7) is 3.69. The Morgan fingerprint density at radius 1 is 1.38 bits per heavy atom. The highest BCUT2D eigenvalue weighted by atomic mass is 127. The van der Waals surface area contributed by atoms with E-state index >= 15 is 0 Å². The largest absolute Gasteiger partial charge is 0.497 e. The van der Waals surface area contributed by atoms with Crippen molar-refractivity contribution in [3.05, 3.63) is 29.8 Å². The average Bonchev–Trinajstić information content (AvgIpc) is 3.14. The molecule has 0 spiro atoms. The minimum atomic E-state index is -0.118. The monoisotopic (exact) mass is 476 g/mol. The fraction of sp³-hybridized carbons (Fsp3) is 0.556. The number of methoxy groups -OCH3 is 1. The van der Waals surface area contributed by atoms with Crippen molar-refractivity contribution >= 4 is 35.8 Å². The van der Waals surface area contributed by atoms with Gasteiger partial charge in [0, 0.05) is 51.8 Å². The maximum absolute atomic E-state index is 12.1. The number of amides is 1. The van der Waals surface area contributed by atoms with Crippen molar-refractivity contribution in [2.75, 3.05) is 54.1 Å². The summed E-state index contributed by atoms with van der Waals surface area (Å²) in [5.41, 5.74) is 0.585. The Morgan fingerprint density at radius 2 is 2.15 bits per heavy atom. The van der Waals surface area contributed by atoms with Crippen molar-refractivity contribution in [2.45, 2.75) is 6.42 Å². The van der Waals surface area contributed by atoms with E-state index in [0.717, 1.165) is 32.1 Å². The molecular weight excluding hydrogens is 447 g/mol. The summed E-state index contributed by atoms with van der Waals surface area (Å²) < 4.78 is 10.5. The van der Waals surface area contributed by atoms with Crippen LogP contribution in [0.2, 0.25) is 0 Å². The van der Waals surface area contributed by atoms with Gasteiger partial charge in [0.25, 0.3) is 5.91 Å². The number of carbonyl (C=O) groups is 1. The molecule has 26 heavy (non-hydrogen) atoms. The first-order valence-corrected chi connectivity index (χ1v) is 8.55. The van der Waals surface area contributed by atoms with Gasteiger partial charge in [-0.25, -0.2) is 0 Å². The van der Waals surface area contributed by atoms with E-state index in [9.17, 15) is 4.79 Å². The van der Waals surface area contributed by atoms with Gasteiger partial charge in [0.15, 0.2) is 5.96 Å². The van der Waals surface area contributed by atoms with Crippen LogP contribution in [0, 0.1) is 5.92 Å². The topological polar surface area (TPSA) is 75.2 Å². The number of ether oxygens (including phenoxy) is 2. The van der Waals surface area contributed by atoms with Crippen molar-refractivity contribution in [1.29, 1.82) is 0 Å². The van der Waals surface area contributed by atoms with Gasteiger partial charge in [-0.05, 0) is 24.6 Å². The summed E-state index contributed by atoms with van der Waals surface area (Å²) in [4.78, 5) is 18.5. The van der Waals surface area contributed by atoms with Crippen molar-refractivity contribution in [2.24, 2.45) is 10.9 Å². The van der Waals surface area contributed by atoms with Gasteiger partial charge >= 0.3 is 0 Å². The lowest BCUT2D eigenvalue weighted by atomic mass is 10.1. The summed E-state index contributed by atoms with van der Waals surface area (Å²) in [7, 11) is 5.36. The van der Waals surface area contributed by atoms with Crippen LogP contribution in [0.25, 0.3) is 0 Å². The Hall–Kier alpha value is -1.55. The first kappa shape index (κ1) is 22.5.